The topological polar surface area (TPSA) is 81.7 Å². The van der Waals surface area contributed by atoms with E-state index in [2.05, 4.69) is 20.5 Å². The quantitative estimate of drug-likeness (QED) is 0.538. The predicted molar refractivity (Wildman–Crippen MR) is 95.9 cm³/mol. The van der Waals surface area contributed by atoms with E-state index >= 15 is 0 Å². The zero-order chi connectivity index (χ0) is 18.4. The molecule has 0 unspecified atom stereocenters. The molecule has 10 heteroatoms. The van der Waals surface area contributed by atoms with Crippen LogP contribution in [0.3, 0.4) is 0 Å². The zero-order valence-electron chi connectivity index (χ0n) is 14.1. The van der Waals surface area contributed by atoms with Crippen molar-refractivity contribution in [3.63, 3.8) is 0 Å². The second kappa shape index (κ2) is 6.23. The van der Waals surface area contributed by atoms with Crippen LogP contribution in [-0.2, 0) is 6.54 Å². The number of likely N-dealkylation sites (tertiary alicyclic amines) is 1. The SMILES string of the molecule is O=C(c1cc2cc(F)ccc2s1)N1CC(n2cc(Cn3nccn3)nn2)C1. The Morgan fingerprint density at radius 2 is 2.04 bits per heavy atom. The van der Waals surface area contributed by atoms with Gasteiger partial charge < -0.3 is 4.90 Å². The van der Waals surface area contributed by atoms with Crippen LogP contribution >= 0.6 is 11.3 Å². The summed E-state index contributed by atoms with van der Waals surface area (Å²) < 4.78 is 16.0. The molecule has 136 valence electrons. The maximum atomic E-state index is 13.3. The second-order valence-corrected chi connectivity index (χ2v) is 7.49. The van der Waals surface area contributed by atoms with Gasteiger partial charge in [0.05, 0.1) is 29.5 Å². The first-order valence-electron chi connectivity index (χ1n) is 8.39. The number of hydrogen-bond acceptors (Lipinski definition) is 6. The van der Waals surface area contributed by atoms with Gasteiger partial charge in [0.1, 0.15) is 18.1 Å². The third-order valence-electron chi connectivity index (χ3n) is 4.54. The van der Waals surface area contributed by atoms with E-state index in [1.54, 1.807) is 34.1 Å². The molecule has 1 aromatic carbocycles. The highest BCUT2D eigenvalue weighted by molar-refractivity contribution is 7.20. The Morgan fingerprint density at radius 1 is 1.22 bits per heavy atom. The van der Waals surface area contributed by atoms with Crippen molar-refractivity contribution in [1.29, 1.82) is 0 Å². The summed E-state index contributed by atoms with van der Waals surface area (Å²) in [4.78, 5) is 16.6. The molecular weight excluding hydrogens is 369 g/mol. The molecule has 1 amide bonds. The number of thiophene rings is 1. The van der Waals surface area contributed by atoms with E-state index < -0.39 is 0 Å². The molecule has 1 aliphatic rings. The lowest BCUT2D eigenvalue weighted by Crippen LogP contribution is -2.50. The number of halogens is 1. The zero-order valence-corrected chi connectivity index (χ0v) is 14.9. The molecular formula is C17H14FN7OS. The van der Waals surface area contributed by atoms with E-state index in [0.717, 1.165) is 15.8 Å². The lowest BCUT2D eigenvalue weighted by molar-refractivity contribution is 0.0503. The fraction of sp³-hybridized carbons (Fsp3) is 0.235. The molecule has 0 spiro atoms. The largest absolute Gasteiger partial charge is 0.334 e. The van der Waals surface area contributed by atoms with E-state index in [1.807, 2.05) is 6.20 Å². The molecule has 4 heterocycles. The first kappa shape index (κ1) is 16.1. The van der Waals surface area contributed by atoms with E-state index in [1.165, 1.54) is 28.3 Å². The molecule has 0 N–H and O–H groups in total. The normalized spacial score (nSPS) is 14.6. The van der Waals surface area contributed by atoms with E-state index in [-0.39, 0.29) is 17.8 Å². The number of amides is 1. The van der Waals surface area contributed by atoms with Crippen molar-refractivity contribution >= 4 is 27.3 Å². The van der Waals surface area contributed by atoms with Crippen LogP contribution in [0.4, 0.5) is 4.39 Å². The number of fused-ring (bicyclic) bond motifs is 1. The predicted octanol–water partition coefficient (Wildman–Crippen LogP) is 1.97. The van der Waals surface area contributed by atoms with Crippen LogP contribution in [0.1, 0.15) is 21.4 Å². The highest BCUT2D eigenvalue weighted by Crippen LogP contribution is 2.30. The van der Waals surface area contributed by atoms with Crippen molar-refractivity contribution < 1.29 is 9.18 Å². The van der Waals surface area contributed by atoms with Crippen LogP contribution in [-0.4, -0.2) is 53.9 Å². The molecule has 0 radical (unpaired) electrons. The first-order chi connectivity index (χ1) is 13.2. The van der Waals surface area contributed by atoms with Gasteiger partial charge in [-0.05, 0) is 29.7 Å². The summed E-state index contributed by atoms with van der Waals surface area (Å²) in [6.07, 6.45) is 5.09. The molecule has 0 saturated carbocycles. The van der Waals surface area contributed by atoms with Gasteiger partial charge >= 0.3 is 0 Å². The average Bonchev–Trinajstić information content (AvgIpc) is 3.34. The molecule has 0 aliphatic carbocycles. The molecule has 0 bridgehead atoms. The fourth-order valence-corrected chi connectivity index (χ4v) is 4.11. The van der Waals surface area contributed by atoms with Gasteiger partial charge in [0.2, 0.25) is 0 Å². The summed E-state index contributed by atoms with van der Waals surface area (Å²) >= 11 is 1.39. The van der Waals surface area contributed by atoms with Crippen LogP contribution in [0, 0.1) is 5.82 Å². The Labute approximate surface area is 156 Å². The summed E-state index contributed by atoms with van der Waals surface area (Å²) in [5, 5.41) is 17.1. The average molecular weight is 383 g/mol. The van der Waals surface area contributed by atoms with Gasteiger partial charge in [-0.1, -0.05) is 5.21 Å². The van der Waals surface area contributed by atoms with Crippen molar-refractivity contribution in [1.82, 2.24) is 34.9 Å². The Kier molecular flexibility index (Phi) is 3.71. The number of rotatable bonds is 4. The number of hydrogen-bond donors (Lipinski definition) is 0. The minimum Gasteiger partial charge on any atom is -0.334 e. The summed E-state index contributed by atoms with van der Waals surface area (Å²) in [7, 11) is 0. The fourth-order valence-electron chi connectivity index (χ4n) is 3.10. The molecule has 8 nitrogen and oxygen atoms in total. The van der Waals surface area contributed by atoms with Gasteiger partial charge in [0, 0.05) is 17.8 Å². The monoisotopic (exact) mass is 383 g/mol. The smallest absolute Gasteiger partial charge is 0.264 e. The Hall–Kier alpha value is -3.14. The molecule has 4 aromatic rings. The minimum absolute atomic E-state index is 0.0334. The third-order valence-corrected chi connectivity index (χ3v) is 5.64. The molecule has 5 rings (SSSR count). The maximum absolute atomic E-state index is 13.3. The van der Waals surface area contributed by atoms with Gasteiger partial charge in [-0.25, -0.2) is 9.07 Å². The lowest BCUT2D eigenvalue weighted by Gasteiger charge is -2.38. The Bertz CT molecular complexity index is 1110. The number of carbonyl (C=O) groups is 1. The third kappa shape index (κ3) is 2.97. The van der Waals surface area contributed by atoms with Crippen molar-refractivity contribution in [3.05, 3.63) is 59.2 Å². The summed E-state index contributed by atoms with van der Waals surface area (Å²) in [6.45, 7) is 1.61. The summed E-state index contributed by atoms with van der Waals surface area (Å²) in [6, 6.07) is 6.42. The summed E-state index contributed by atoms with van der Waals surface area (Å²) in [5.41, 5.74) is 0.766. The molecule has 27 heavy (non-hydrogen) atoms. The van der Waals surface area contributed by atoms with Crippen molar-refractivity contribution in [2.75, 3.05) is 13.1 Å². The lowest BCUT2D eigenvalue weighted by atomic mass is 10.1. The van der Waals surface area contributed by atoms with Crippen LogP contribution in [0.25, 0.3) is 10.1 Å². The van der Waals surface area contributed by atoms with E-state index in [4.69, 9.17) is 0 Å². The van der Waals surface area contributed by atoms with Gasteiger partial charge in [-0.15, -0.1) is 16.4 Å². The Morgan fingerprint density at radius 3 is 2.85 bits per heavy atom. The van der Waals surface area contributed by atoms with Crippen molar-refractivity contribution in [3.8, 4) is 0 Å². The van der Waals surface area contributed by atoms with Crippen molar-refractivity contribution in [2.45, 2.75) is 12.6 Å². The van der Waals surface area contributed by atoms with Crippen molar-refractivity contribution in [2.24, 2.45) is 0 Å². The van der Waals surface area contributed by atoms with Crippen LogP contribution in [0.2, 0.25) is 0 Å². The minimum atomic E-state index is -0.296. The van der Waals surface area contributed by atoms with Gasteiger partial charge in [0.15, 0.2) is 0 Å². The highest BCUT2D eigenvalue weighted by Gasteiger charge is 2.34. The second-order valence-electron chi connectivity index (χ2n) is 6.41. The summed E-state index contributed by atoms with van der Waals surface area (Å²) in [5.74, 6) is -0.329. The number of benzene rings is 1. The number of aromatic nitrogens is 6. The van der Waals surface area contributed by atoms with Crippen LogP contribution in [0.5, 0.6) is 0 Å². The van der Waals surface area contributed by atoms with Crippen LogP contribution < -0.4 is 0 Å². The molecule has 1 fully saturated rings. The number of carbonyl (C=O) groups excluding carboxylic acids is 1. The number of nitrogens with zero attached hydrogens (tertiary/aromatic N) is 7. The molecule has 3 aromatic heterocycles. The standard InChI is InChI=1S/C17H14FN7OS/c18-12-1-2-15-11(5-12)6-16(27-15)17(26)23-9-14(10-23)24-7-13(21-22-24)8-25-19-3-4-20-25/h1-7,14H,8-10H2. The highest BCUT2D eigenvalue weighted by atomic mass is 32.1. The molecule has 0 atom stereocenters. The van der Waals surface area contributed by atoms with Crippen LogP contribution in [0.15, 0.2) is 42.9 Å². The van der Waals surface area contributed by atoms with E-state index in [0.29, 0.717) is 24.5 Å². The van der Waals surface area contributed by atoms with Gasteiger partial charge in [0.25, 0.3) is 5.91 Å². The Balaban J connectivity index is 1.24. The first-order valence-corrected chi connectivity index (χ1v) is 9.20. The van der Waals surface area contributed by atoms with Gasteiger partial charge in [-0.3, -0.25) is 4.79 Å². The van der Waals surface area contributed by atoms with Gasteiger partial charge in [-0.2, -0.15) is 15.0 Å². The molecule has 1 aliphatic heterocycles. The maximum Gasteiger partial charge on any atom is 0.264 e. The molecule has 1 saturated heterocycles. The van der Waals surface area contributed by atoms with E-state index in [9.17, 15) is 9.18 Å².